The molecule has 112 valence electrons. The maximum atomic E-state index is 11.8. The van der Waals surface area contributed by atoms with Gasteiger partial charge in [-0.05, 0) is 20.8 Å². The number of carbonyl (C=O) groups is 2. The van der Waals surface area contributed by atoms with E-state index >= 15 is 0 Å². The molecule has 0 aromatic rings. The van der Waals surface area contributed by atoms with Crippen LogP contribution in [-0.2, 0) is 9.53 Å². The van der Waals surface area contributed by atoms with Gasteiger partial charge in [-0.2, -0.15) is 13.2 Å². The molecule has 0 unspecified atom stereocenters. The summed E-state index contributed by atoms with van der Waals surface area (Å²) < 4.78 is 40.1. The van der Waals surface area contributed by atoms with E-state index in [1.165, 1.54) is 0 Å². The molecule has 0 bridgehead atoms. The third-order valence-corrected chi connectivity index (χ3v) is 1.77. The standard InChI is InChI=1S/C11H19F3N2O3/c1-10(2,3)16-9(18)19-7-4-8(17)15-6-5-11(12,13)14/h4-7H2,1-3H3,(H,15,17)(H,16,18). The Morgan fingerprint density at radius 2 is 1.74 bits per heavy atom. The second-order valence-electron chi connectivity index (χ2n) is 4.98. The highest BCUT2D eigenvalue weighted by Crippen LogP contribution is 2.18. The van der Waals surface area contributed by atoms with Gasteiger partial charge >= 0.3 is 12.3 Å². The topological polar surface area (TPSA) is 67.4 Å². The van der Waals surface area contributed by atoms with E-state index in [0.29, 0.717) is 0 Å². The minimum absolute atomic E-state index is 0.171. The molecule has 0 saturated heterocycles. The summed E-state index contributed by atoms with van der Waals surface area (Å²) in [6, 6.07) is 0. The molecule has 0 aromatic carbocycles. The first-order chi connectivity index (χ1) is 8.49. The molecule has 2 N–H and O–H groups in total. The lowest BCUT2D eigenvalue weighted by Gasteiger charge is -2.19. The maximum absolute atomic E-state index is 11.8. The molecule has 0 atom stereocenters. The van der Waals surface area contributed by atoms with Crippen molar-refractivity contribution in [1.82, 2.24) is 10.6 Å². The van der Waals surface area contributed by atoms with Crippen molar-refractivity contribution in [1.29, 1.82) is 0 Å². The molecule has 0 saturated carbocycles. The zero-order valence-corrected chi connectivity index (χ0v) is 11.2. The molecule has 0 fully saturated rings. The second-order valence-corrected chi connectivity index (χ2v) is 4.98. The van der Waals surface area contributed by atoms with Crippen LogP contribution in [0, 0.1) is 0 Å². The average Bonchev–Trinajstić information content (AvgIpc) is 2.12. The number of ether oxygens (including phenoxy) is 1. The van der Waals surface area contributed by atoms with Gasteiger partial charge in [-0.1, -0.05) is 0 Å². The van der Waals surface area contributed by atoms with Crippen LogP contribution in [0.15, 0.2) is 0 Å². The van der Waals surface area contributed by atoms with E-state index in [-0.39, 0.29) is 13.0 Å². The Kier molecular flexibility index (Phi) is 6.64. The molecule has 0 aliphatic rings. The van der Waals surface area contributed by atoms with Gasteiger partial charge in [0.1, 0.15) is 6.61 Å². The molecule has 0 radical (unpaired) electrons. The van der Waals surface area contributed by atoms with Gasteiger partial charge in [-0.3, -0.25) is 4.79 Å². The van der Waals surface area contributed by atoms with E-state index in [9.17, 15) is 22.8 Å². The second kappa shape index (κ2) is 7.20. The van der Waals surface area contributed by atoms with Gasteiger partial charge in [0, 0.05) is 12.1 Å². The van der Waals surface area contributed by atoms with E-state index in [0.717, 1.165) is 0 Å². The molecule has 0 aliphatic heterocycles. The van der Waals surface area contributed by atoms with Gasteiger partial charge in [0.2, 0.25) is 5.91 Å². The van der Waals surface area contributed by atoms with Gasteiger partial charge in [0.15, 0.2) is 0 Å². The van der Waals surface area contributed by atoms with Crippen LogP contribution in [0.1, 0.15) is 33.6 Å². The quantitative estimate of drug-likeness (QED) is 0.811. The van der Waals surface area contributed by atoms with Crippen molar-refractivity contribution >= 4 is 12.0 Å². The number of hydrogen-bond donors (Lipinski definition) is 2. The number of hydrogen-bond acceptors (Lipinski definition) is 3. The van der Waals surface area contributed by atoms with Crippen LogP contribution >= 0.6 is 0 Å². The zero-order chi connectivity index (χ0) is 15.1. The van der Waals surface area contributed by atoms with Gasteiger partial charge in [0.25, 0.3) is 0 Å². The van der Waals surface area contributed by atoms with Crippen LogP contribution in [-0.4, -0.2) is 36.9 Å². The highest BCUT2D eigenvalue weighted by atomic mass is 19.4. The summed E-state index contributed by atoms with van der Waals surface area (Å²) in [4.78, 5) is 22.3. The molecular formula is C11H19F3N2O3. The van der Waals surface area contributed by atoms with E-state index < -0.39 is 36.7 Å². The number of alkyl carbamates (subject to hydrolysis) is 1. The van der Waals surface area contributed by atoms with Crippen LogP contribution in [0.5, 0.6) is 0 Å². The normalized spacial score (nSPS) is 11.9. The summed E-state index contributed by atoms with van der Waals surface area (Å²) in [6.45, 7) is 4.63. The van der Waals surface area contributed by atoms with E-state index in [4.69, 9.17) is 4.74 Å². The molecule has 0 aliphatic carbocycles. The highest BCUT2D eigenvalue weighted by Gasteiger charge is 2.26. The minimum atomic E-state index is -4.30. The van der Waals surface area contributed by atoms with E-state index in [1.54, 1.807) is 20.8 Å². The predicted octanol–water partition coefficient (Wildman–Crippen LogP) is 1.97. The summed E-state index contributed by atoms with van der Waals surface area (Å²) >= 11 is 0. The van der Waals surface area contributed by atoms with Gasteiger partial charge in [-0.25, -0.2) is 4.79 Å². The van der Waals surface area contributed by atoms with Crippen LogP contribution in [0.2, 0.25) is 0 Å². The Hall–Kier alpha value is -1.47. The first-order valence-electron chi connectivity index (χ1n) is 5.78. The third-order valence-electron chi connectivity index (χ3n) is 1.77. The summed E-state index contributed by atoms with van der Waals surface area (Å²) in [7, 11) is 0. The molecule has 8 heteroatoms. The fourth-order valence-corrected chi connectivity index (χ4v) is 1.01. The molecule has 5 nitrogen and oxygen atoms in total. The number of rotatable bonds is 5. The van der Waals surface area contributed by atoms with E-state index in [2.05, 4.69) is 10.6 Å². The van der Waals surface area contributed by atoms with Crippen molar-refractivity contribution in [3.05, 3.63) is 0 Å². The fraction of sp³-hybridized carbons (Fsp3) is 0.818. The lowest BCUT2D eigenvalue weighted by atomic mass is 10.1. The van der Waals surface area contributed by atoms with Crippen LogP contribution in [0.3, 0.4) is 0 Å². The molecule has 2 amide bonds. The summed E-state index contributed by atoms with van der Waals surface area (Å²) in [5.41, 5.74) is -0.452. The average molecular weight is 284 g/mol. The van der Waals surface area contributed by atoms with Crippen molar-refractivity contribution in [3.8, 4) is 0 Å². The Bertz CT molecular complexity index is 311. The Balaban J connectivity index is 3.67. The smallest absolute Gasteiger partial charge is 0.407 e. The predicted molar refractivity (Wildman–Crippen MR) is 62.5 cm³/mol. The Labute approximate surface area is 109 Å². The first-order valence-corrected chi connectivity index (χ1v) is 5.78. The maximum Gasteiger partial charge on any atom is 0.407 e. The zero-order valence-electron chi connectivity index (χ0n) is 11.2. The Morgan fingerprint density at radius 3 is 2.21 bits per heavy atom. The number of amides is 2. The monoisotopic (exact) mass is 284 g/mol. The number of nitrogens with one attached hydrogen (secondary N) is 2. The number of halogens is 3. The largest absolute Gasteiger partial charge is 0.449 e. The van der Waals surface area contributed by atoms with Crippen LogP contribution in [0.25, 0.3) is 0 Å². The lowest BCUT2D eigenvalue weighted by Crippen LogP contribution is -2.41. The molecule has 19 heavy (non-hydrogen) atoms. The summed E-state index contributed by atoms with van der Waals surface area (Å²) in [5.74, 6) is -0.590. The molecule has 0 aromatic heterocycles. The summed E-state index contributed by atoms with van der Waals surface area (Å²) in [5, 5.41) is 4.60. The molecule has 0 heterocycles. The van der Waals surface area contributed by atoms with Gasteiger partial charge < -0.3 is 15.4 Å². The SMILES string of the molecule is CC(C)(C)NC(=O)OCCC(=O)NCCC(F)(F)F. The summed E-state index contributed by atoms with van der Waals surface area (Å²) in [6.07, 6.45) is -6.22. The van der Waals surface area contributed by atoms with Gasteiger partial charge in [0.05, 0.1) is 12.8 Å². The first kappa shape index (κ1) is 17.5. The van der Waals surface area contributed by atoms with Crippen LogP contribution in [0.4, 0.5) is 18.0 Å². The van der Waals surface area contributed by atoms with Crippen molar-refractivity contribution in [2.75, 3.05) is 13.2 Å². The Morgan fingerprint density at radius 1 is 1.16 bits per heavy atom. The third kappa shape index (κ3) is 12.8. The fourth-order valence-electron chi connectivity index (χ4n) is 1.01. The van der Waals surface area contributed by atoms with Crippen molar-refractivity contribution < 1.29 is 27.5 Å². The van der Waals surface area contributed by atoms with Crippen LogP contribution < -0.4 is 10.6 Å². The van der Waals surface area contributed by atoms with Crippen molar-refractivity contribution in [2.45, 2.75) is 45.3 Å². The van der Waals surface area contributed by atoms with E-state index in [1.807, 2.05) is 0 Å². The number of alkyl halides is 3. The molecule has 0 rings (SSSR count). The highest BCUT2D eigenvalue weighted by molar-refractivity contribution is 5.76. The van der Waals surface area contributed by atoms with Gasteiger partial charge in [-0.15, -0.1) is 0 Å². The minimum Gasteiger partial charge on any atom is -0.449 e. The van der Waals surface area contributed by atoms with Crippen molar-refractivity contribution in [2.24, 2.45) is 0 Å². The molecule has 0 spiro atoms. The number of carbonyl (C=O) groups excluding carboxylic acids is 2. The molecular weight excluding hydrogens is 265 g/mol. The lowest BCUT2D eigenvalue weighted by molar-refractivity contribution is -0.135. The van der Waals surface area contributed by atoms with Crippen molar-refractivity contribution in [3.63, 3.8) is 0 Å².